The molecule has 3 N–H and O–H groups in total. The monoisotopic (exact) mass is 270 g/mol. The SMILES string of the molecule is CC(NC(=O)C(N)C(C)(C)C)c1ccc(F)cc1F. The molecule has 19 heavy (non-hydrogen) atoms. The molecule has 0 saturated carbocycles. The first-order chi connectivity index (χ1) is 8.62. The fourth-order valence-electron chi connectivity index (χ4n) is 1.63. The van der Waals surface area contributed by atoms with Crippen molar-refractivity contribution in [1.29, 1.82) is 0 Å². The number of hydrogen-bond acceptors (Lipinski definition) is 2. The number of carbonyl (C=O) groups excluding carboxylic acids is 1. The Morgan fingerprint density at radius 2 is 1.89 bits per heavy atom. The summed E-state index contributed by atoms with van der Waals surface area (Å²) in [6.07, 6.45) is 0. The molecule has 0 spiro atoms. The highest BCUT2D eigenvalue weighted by atomic mass is 19.1. The van der Waals surface area contributed by atoms with Gasteiger partial charge >= 0.3 is 0 Å². The number of nitrogens with one attached hydrogen (secondary N) is 1. The number of hydrogen-bond donors (Lipinski definition) is 2. The van der Waals surface area contributed by atoms with Gasteiger partial charge in [-0.3, -0.25) is 4.79 Å². The average Bonchev–Trinajstić information content (AvgIpc) is 2.26. The first kappa shape index (κ1) is 15.6. The van der Waals surface area contributed by atoms with Gasteiger partial charge in [0, 0.05) is 11.6 Å². The van der Waals surface area contributed by atoms with Crippen LogP contribution in [0.15, 0.2) is 18.2 Å². The second kappa shape index (κ2) is 5.65. The minimum Gasteiger partial charge on any atom is -0.348 e. The molecule has 0 aromatic heterocycles. The van der Waals surface area contributed by atoms with Crippen molar-refractivity contribution in [2.45, 2.75) is 39.8 Å². The smallest absolute Gasteiger partial charge is 0.237 e. The Kier molecular flexibility index (Phi) is 4.63. The standard InChI is InChI=1S/C14H20F2N2O/c1-8(10-6-5-9(15)7-11(10)16)18-13(19)12(17)14(2,3)4/h5-8,12H,17H2,1-4H3,(H,18,19). The third-order valence-electron chi connectivity index (χ3n) is 3.00. The highest BCUT2D eigenvalue weighted by molar-refractivity contribution is 5.82. The molecular formula is C14H20F2N2O. The second-order valence-electron chi connectivity index (χ2n) is 5.74. The predicted octanol–water partition coefficient (Wildman–Crippen LogP) is 2.52. The molecule has 0 aliphatic rings. The van der Waals surface area contributed by atoms with Crippen molar-refractivity contribution >= 4 is 5.91 Å². The van der Waals surface area contributed by atoms with E-state index in [1.165, 1.54) is 6.07 Å². The van der Waals surface area contributed by atoms with Gasteiger partial charge in [0.05, 0.1) is 12.1 Å². The van der Waals surface area contributed by atoms with Gasteiger partial charge in [0.2, 0.25) is 5.91 Å². The van der Waals surface area contributed by atoms with E-state index in [0.29, 0.717) is 0 Å². The Morgan fingerprint density at radius 3 is 2.37 bits per heavy atom. The van der Waals surface area contributed by atoms with Gasteiger partial charge in [-0.05, 0) is 18.4 Å². The van der Waals surface area contributed by atoms with Crippen LogP contribution in [-0.4, -0.2) is 11.9 Å². The van der Waals surface area contributed by atoms with Crippen molar-refractivity contribution in [1.82, 2.24) is 5.32 Å². The van der Waals surface area contributed by atoms with Gasteiger partial charge in [0.15, 0.2) is 0 Å². The van der Waals surface area contributed by atoms with Crippen molar-refractivity contribution in [2.24, 2.45) is 11.1 Å². The van der Waals surface area contributed by atoms with Crippen LogP contribution in [0.2, 0.25) is 0 Å². The average molecular weight is 270 g/mol. The molecule has 1 rings (SSSR count). The van der Waals surface area contributed by atoms with Crippen LogP contribution in [0, 0.1) is 17.0 Å². The Bertz CT molecular complexity index is 469. The van der Waals surface area contributed by atoms with Gasteiger partial charge in [-0.1, -0.05) is 26.8 Å². The number of carbonyl (C=O) groups is 1. The summed E-state index contributed by atoms with van der Waals surface area (Å²) in [7, 11) is 0. The van der Waals surface area contributed by atoms with Gasteiger partial charge in [-0.15, -0.1) is 0 Å². The minimum absolute atomic E-state index is 0.232. The van der Waals surface area contributed by atoms with Crippen LogP contribution in [0.3, 0.4) is 0 Å². The maximum absolute atomic E-state index is 13.6. The van der Waals surface area contributed by atoms with E-state index >= 15 is 0 Å². The van der Waals surface area contributed by atoms with Crippen LogP contribution in [0.1, 0.15) is 39.3 Å². The lowest BCUT2D eigenvalue weighted by Crippen LogP contribution is -2.49. The molecule has 0 aliphatic heterocycles. The molecule has 2 unspecified atom stereocenters. The molecule has 1 amide bonds. The molecule has 2 atom stereocenters. The maximum atomic E-state index is 13.6. The summed E-state index contributed by atoms with van der Waals surface area (Å²) in [6, 6.07) is 2.00. The van der Waals surface area contributed by atoms with E-state index in [4.69, 9.17) is 5.73 Å². The second-order valence-corrected chi connectivity index (χ2v) is 5.74. The predicted molar refractivity (Wildman–Crippen MR) is 70.3 cm³/mol. The van der Waals surface area contributed by atoms with E-state index in [-0.39, 0.29) is 16.9 Å². The van der Waals surface area contributed by atoms with Crippen molar-refractivity contribution in [3.05, 3.63) is 35.4 Å². The van der Waals surface area contributed by atoms with Crippen LogP contribution < -0.4 is 11.1 Å². The van der Waals surface area contributed by atoms with Gasteiger partial charge in [-0.25, -0.2) is 8.78 Å². The fraction of sp³-hybridized carbons (Fsp3) is 0.500. The largest absolute Gasteiger partial charge is 0.348 e. The third kappa shape index (κ3) is 3.99. The summed E-state index contributed by atoms with van der Waals surface area (Å²) in [4.78, 5) is 11.9. The van der Waals surface area contributed by atoms with Gasteiger partial charge in [0.1, 0.15) is 11.6 Å². The van der Waals surface area contributed by atoms with Crippen LogP contribution in [0.25, 0.3) is 0 Å². The summed E-state index contributed by atoms with van der Waals surface area (Å²) in [6.45, 7) is 7.17. The zero-order chi connectivity index (χ0) is 14.8. The number of nitrogens with two attached hydrogens (primary N) is 1. The molecular weight excluding hydrogens is 250 g/mol. The molecule has 0 radical (unpaired) electrons. The Morgan fingerprint density at radius 1 is 1.32 bits per heavy atom. The molecule has 0 saturated heterocycles. The Labute approximate surface area is 112 Å². The molecule has 0 aliphatic carbocycles. The Balaban J connectivity index is 2.80. The van der Waals surface area contributed by atoms with Crippen molar-refractivity contribution < 1.29 is 13.6 Å². The minimum atomic E-state index is -0.696. The first-order valence-electron chi connectivity index (χ1n) is 6.14. The van der Waals surface area contributed by atoms with Crippen LogP contribution in [0.4, 0.5) is 8.78 Å². The lowest BCUT2D eigenvalue weighted by molar-refractivity contribution is -0.125. The van der Waals surface area contributed by atoms with Crippen LogP contribution in [-0.2, 0) is 4.79 Å². The van der Waals surface area contributed by atoms with Crippen molar-refractivity contribution in [3.63, 3.8) is 0 Å². The molecule has 0 fully saturated rings. The van der Waals surface area contributed by atoms with E-state index < -0.39 is 23.7 Å². The summed E-state index contributed by atoms with van der Waals surface area (Å²) in [5, 5.41) is 2.64. The number of halogens is 2. The molecule has 0 bridgehead atoms. The lowest BCUT2D eigenvalue weighted by Gasteiger charge is -2.27. The lowest BCUT2D eigenvalue weighted by atomic mass is 9.86. The summed E-state index contributed by atoms with van der Waals surface area (Å²) >= 11 is 0. The molecule has 1 aromatic carbocycles. The molecule has 5 heteroatoms. The summed E-state index contributed by atoms with van der Waals surface area (Å²) < 4.78 is 26.4. The summed E-state index contributed by atoms with van der Waals surface area (Å²) in [5.41, 5.74) is 5.67. The van der Waals surface area contributed by atoms with Crippen LogP contribution in [0.5, 0.6) is 0 Å². The van der Waals surface area contributed by atoms with Crippen molar-refractivity contribution in [2.75, 3.05) is 0 Å². The van der Waals surface area contributed by atoms with Gasteiger partial charge < -0.3 is 11.1 Å². The van der Waals surface area contributed by atoms with E-state index in [2.05, 4.69) is 5.32 Å². The molecule has 1 aromatic rings. The van der Waals surface area contributed by atoms with Gasteiger partial charge in [0.25, 0.3) is 0 Å². The van der Waals surface area contributed by atoms with E-state index in [1.807, 2.05) is 20.8 Å². The highest BCUT2D eigenvalue weighted by Gasteiger charge is 2.28. The Hall–Kier alpha value is -1.49. The zero-order valence-corrected chi connectivity index (χ0v) is 11.6. The van der Waals surface area contributed by atoms with E-state index in [9.17, 15) is 13.6 Å². The van der Waals surface area contributed by atoms with Gasteiger partial charge in [-0.2, -0.15) is 0 Å². The topological polar surface area (TPSA) is 55.1 Å². The number of amides is 1. The normalized spacial score (nSPS) is 14.9. The summed E-state index contributed by atoms with van der Waals surface area (Å²) in [5.74, 6) is -1.69. The zero-order valence-electron chi connectivity index (χ0n) is 11.6. The molecule has 106 valence electrons. The third-order valence-corrected chi connectivity index (χ3v) is 3.00. The van der Waals surface area contributed by atoms with Crippen LogP contribution >= 0.6 is 0 Å². The fourth-order valence-corrected chi connectivity index (χ4v) is 1.63. The maximum Gasteiger partial charge on any atom is 0.237 e. The number of rotatable bonds is 3. The first-order valence-corrected chi connectivity index (χ1v) is 6.14. The highest BCUT2D eigenvalue weighted by Crippen LogP contribution is 2.20. The molecule has 0 heterocycles. The van der Waals surface area contributed by atoms with Crippen molar-refractivity contribution in [3.8, 4) is 0 Å². The molecule has 3 nitrogen and oxygen atoms in total. The van der Waals surface area contributed by atoms with E-state index in [1.54, 1.807) is 6.92 Å². The quantitative estimate of drug-likeness (QED) is 0.886. The number of benzene rings is 1. The van der Waals surface area contributed by atoms with E-state index in [0.717, 1.165) is 12.1 Å².